The molecule has 1 unspecified atom stereocenters. The number of fused-ring (bicyclic) bond motifs is 1. The normalized spacial score (nSPS) is 18.4. The van der Waals surface area contributed by atoms with Gasteiger partial charge in [0.2, 0.25) is 5.91 Å². The SMILES string of the molecule is CC1CCN(C(=O)O[C@H]2Cc3ccccc3C2n2cnc(NC(=O)[C@@H](COCc3ccccc3)NC(=O)C(C)(C)N)c2)CC1.Cl.Cl. The minimum Gasteiger partial charge on any atom is -0.443 e. The summed E-state index contributed by atoms with van der Waals surface area (Å²) in [7, 11) is 0. The van der Waals surface area contributed by atoms with Crippen LogP contribution in [-0.4, -0.2) is 69.7 Å². The average Bonchev–Trinajstić information content (AvgIpc) is 3.60. The van der Waals surface area contributed by atoms with Crippen LogP contribution in [0.5, 0.6) is 0 Å². The van der Waals surface area contributed by atoms with Crippen LogP contribution >= 0.6 is 24.8 Å². The van der Waals surface area contributed by atoms with Crippen LogP contribution in [0.25, 0.3) is 0 Å². The van der Waals surface area contributed by atoms with Crippen molar-refractivity contribution in [3.63, 3.8) is 0 Å². The van der Waals surface area contributed by atoms with Gasteiger partial charge in [0.25, 0.3) is 5.91 Å². The van der Waals surface area contributed by atoms with Crippen LogP contribution in [0.2, 0.25) is 0 Å². The smallest absolute Gasteiger partial charge is 0.410 e. The number of amides is 3. The number of nitrogens with zero attached hydrogens (tertiary/aromatic N) is 3. The highest BCUT2D eigenvalue weighted by Crippen LogP contribution is 2.37. The van der Waals surface area contributed by atoms with Crippen molar-refractivity contribution in [2.24, 2.45) is 11.7 Å². The molecule has 0 saturated carbocycles. The van der Waals surface area contributed by atoms with Gasteiger partial charge in [-0.1, -0.05) is 61.5 Å². The monoisotopic (exact) mass is 674 g/mol. The average molecular weight is 676 g/mol. The van der Waals surface area contributed by atoms with Gasteiger partial charge in [-0.3, -0.25) is 9.59 Å². The number of aromatic nitrogens is 2. The van der Waals surface area contributed by atoms with E-state index in [0.29, 0.717) is 31.2 Å². The molecule has 3 aromatic rings. The van der Waals surface area contributed by atoms with E-state index < -0.39 is 29.5 Å². The van der Waals surface area contributed by atoms with Crippen molar-refractivity contribution in [1.29, 1.82) is 0 Å². The van der Waals surface area contributed by atoms with Crippen molar-refractivity contribution in [2.45, 2.75) is 70.4 Å². The Balaban J connectivity index is 0.00000288. The van der Waals surface area contributed by atoms with Gasteiger partial charge in [-0.25, -0.2) is 9.78 Å². The number of nitrogens with one attached hydrogen (secondary N) is 2. The molecule has 0 bridgehead atoms. The van der Waals surface area contributed by atoms with Crippen molar-refractivity contribution in [3.05, 3.63) is 83.8 Å². The second kappa shape index (κ2) is 16.3. The molecule has 250 valence electrons. The van der Waals surface area contributed by atoms with E-state index in [1.54, 1.807) is 31.3 Å². The van der Waals surface area contributed by atoms with E-state index in [0.717, 1.165) is 29.5 Å². The van der Waals surface area contributed by atoms with Crippen LogP contribution in [0.3, 0.4) is 0 Å². The molecule has 1 aliphatic heterocycles. The molecule has 4 N–H and O–H groups in total. The van der Waals surface area contributed by atoms with Gasteiger partial charge in [0.15, 0.2) is 5.82 Å². The lowest BCUT2D eigenvalue weighted by Gasteiger charge is -2.31. The lowest BCUT2D eigenvalue weighted by atomic mass is 10.00. The maximum Gasteiger partial charge on any atom is 0.410 e. The summed E-state index contributed by atoms with van der Waals surface area (Å²) in [5.41, 5.74) is 7.87. The number of halogens is 2. The zero-order chi connectivity index (χ0) is 31.3. The highest BCUT2D eigenvalue weighted by Gasteiger charge is 2.38. The van der Waals surface area contributed by atoms with Gasteiger partial charge < -0.3 is 35.3 Å². The molecular formula is C33H44Cl2N6O5. The van der Waals surface area contributed by atoms with E-state index in [-0.39, 0.29) is 50.2 Å². The molecule has 3 amide bonds. The fourth-order valence-electron chi connectivity index (χ4n) is 5.55. The first-order valence-electron chi connectivity index (χ1n) is 15.2. The Morgan fingerprint density at radius 2 is 1.72 bits per heavy atom. The van der Waals surface area contributed by atoms with Gasteiger partial charge in [-0.05, 0) is 49.3 Å². The van der Waals surface area contributed by atoms with Crippen molar-refractivity contribution in [1.82, 2.24) is 19.8 Å². The van der Waals surface area contributed by atoms with E-state index in [1.165, 1.54) is 0 Å². The zero-order valence-electron chi connectivity index (χ0n) is 26.4. The standard InChI is InChI=1S/C33H42N6O5.2ClH/c1-22-13-15-38(16-14-22)32(42)44-27-17-24-11-7-8-12-25(24)29(27)39-18-28(35-21-39)37-30(40)26(36-31(41)33(2,3)34)20-43-19-23-9-5-4-6-10-23;;/h4-12,18,21-22,26-27,29H,13-17,19-20,34H2,1-3H3,(H,36,41)(H,37,40);2*1H/t26-,27+,29?;;/m1../s1. The van der Waals surface area contributed by atoms with E-state index in [4.69, 9.17) is 15.2 Å². The maximum atomic E-state index is 13.4. The lowest BCUT2D eigenvalue weighted by molar-refractivity contribution is -0.130. The third kappa shape index (κ3) is 9.22. The first kappa shape index (κ1) is 36.8. The van der Waals surface area contributed by atoms with Gasteiger partial charge in [-0.2, -0.15) is 0 Å². The van der Waals surface area contributed by atoms with E-state index in [9.17, 15) is 14.4 Å². The summed E-state index contributed by atoms with van der Waals surface area (Å²) in [5.74, 6) is -0.0760. The van der Waals surface area contributed by atoms with Crippen molar-refractivity contribution in [2.75, 3.05) is 25.0 Å². The molecule has 13 heteroatoms. The van der Waals surface area contributed by atoms with Gasteiger partial charge in [0.05, 0.1) is 31.1 Å². The number of imidazole rings is 1. The summed E-state index contributed by atoms with van der Waals surface area (Å²) in [6.07, 6.45) is 5.12. The number of nitrogens with two attached hydrogens (primary N) is 1. The Morgan fingerprint density at radius 1 is 1.04 bits per heavy atom. The number of likely N-dealkylation sites (tertiary alicyclic amines) is 1. The van der Waals surface area contributed by atoms with E-state index >= 15 is 0 Å². The lowest BCUT2D eigenvalue weighted by Crippen LogP contribution is -2.56. The van der Waals surface area contributed by atoms with Gasteiger partial charge >= 0.3 is 6.09 Å². The summed E-state index contributed by atoms with van der Waals surface area (Å²) in [5, 5.41) is 5.51. The second-order valence-electron chi connectivity index (χ2n) is 12.4. The summed E-state index contributed by atoms with van der Waals surface area (Å²) < 4.78 is 13.7. The molecule has 3 atom stereocenters. The first-order valence-corrected chi connectivity index (χ1v) is 15.2. The Hall–Kier alpha value is -3.64. The number of benzene rings is 2. The van der Waals surface area contributed by atoms with Gasteiger partial charge in [0, 0.05) is 25.7 Å². The number of hydrogen-bond acceptors (Lipinski definition) is 7. The molecule has 0 spiro atoms. The second-order valence-corrected chi connectivity index (χ2v) is 12.4. The molecule has 1 fully saturated rings. The van der Waals surface area contributed by atoms with Crippen LogP contribution in [-0.2, 0) is 32.1 Å². The molecular weight excluding hydrogens is 631 g/mol. The summed E-state index contributed by atoms with van der Waals surface area (Å²) >= 11 is 0. The molecule has 5 rings (SSSR count). The van der Waals surface area contributed by atoms with Crippen LogP contribution in [0, 0.1) is 5.92 Å². The Morgan fingerprint density at radius 3 is 2.41 bits per heavy atom. The summed E-state index contributed by atoms with van der Waals surface area (Å²) in [4.78, 5) is 45.4. The highest BCUT2D eigenvalue weighted by molar-refractivity contribution is 5.98. The number of ether oxygens (including phenoxy) is 2. The molecule has 2 aliphatic rings. The minimum absolute atomic E-state index is 0. The Kier molecular flexibility index (Phi) is 13.0. The third-order valence-corrected chi connectivity index (χ3v) is 8.22. The topological polar surface area (TPSA) is 141 Å². The molecule has 46 heavy (non-hydrogen) atoms. The molecule has 0 radical (unpaired) electrons. The highest BCUT2D eigenvalue weighted by atomic mass is 35.5. The fourth-order valence-corrected chi connectivity index (χ4v) is 5.55. The molecule has 1 aromatic heterocycles. The number of carbonyl (C=O) groups is 3. The third-order valence-electron chi connectivity index (χ3n) is 8.22. The van der Waals surface area contributed by atoms with Crippen LogP contribution in [0.1, 0.15) is 56.3 Å². The quantitative estimate of drug-likeness (QED) is 0.288. The molecule has 2 aromatic carbocycles. The zero-order valence-corrected chi connectivity index (χ0v) is 28.0. The number of rotatable bonds is 10. The predicted octanol–water partition coefficient (Wildman–Crippen LogP) is 4.49. The molecule has 2 heterocycles. The van der Waals surface area contributed by atoms with E-state index in [2.05, 4.69) is 22.5 Å². The summed E-state index contributed by atoms with van der Waals surface area (Å²) in [6.45, 7) is 6.94. The first-order chi connectivity index (χ1) is 21.1. The Labute approximate surface area is 282 Å². The maximum absolute atomic E-state index is 13.4. The number of anilines is 1. The molecule has 11 nitrogen and oxygen atoms in total. The van der Waals surface area contributed by atoms with Gasteiger partial charge in [0.1, 0.15) is 12.1 Å². The van der Waals surface area contributed by atoms with Gasteiger partial charge in [-0.15, -0.1) is 24.8 Å². The van der Waals surface area contributed by atoms with Crippen molar-refractivity contribution >= 4 is 48.5 Å². The largest absolute Gasteiger partial charge is 0.443 e. The minimum atomic E-state index is -1.19. The predicted molar refractivity (Wildman–Crippen MR) is 180 cm³/mol. The van der Waals surface area contributed by atoms with E-state index in [1.807, 2.05) is 59.2 Å². The Bertz CT molecular complexity index is 1460. The summed E-state index contributed by atoms with van der Waals surface area (Å²) in [6, 6.07) is 16.2. The number of hydrogen-bond donors (Lipinski definition) is 3. The van der Waals surface area contributed by atoms with Crippen LogP contribution in [0.15, 0.2) is 67.1 Å². The number of carbonyl (C=O) groups excluding carboxylic acids is 3. The van der Waals surface area contributed by atoms with Crippen LogP contribution < -0.4 is 16.4 Å². The van der Waals surface area contributed by atoms with Crippen molar-refractivity contribution < 1.29 is 23.9 Å². The van der Waals surface area contributed by atoms with Crippen LogP contribution in [0.4, 0.5) is 10.6 Å². The molecule has 1 aliphatic carbocycles. The fraction of sp³-hybridized carbons (Fsp3) is 0.455. The van der Waals surface area contributed by atoms with Crippen molar-refractivity contribution in [3.8, 4) is 0 Å². The molecule has 1 saturated heterocycles. The number of piperidine rings is 1.